The summed E-state index contributed by atoms with van der Waals surface area (Å²) in [6.45, 7) is 1.75. The van der Waals surface area contributed by atoms with Crippen molar-refractivity contribution in [3.8, 4) is 11.5 Å². The highest BCUT2D eigenvalue weighted by Gasteiger charge is 2.43. The molecular formula is C20H17BrN2O5. The predicted octanol–water partition coefficient (Wildman–Crippen LogP) is 2.86. The van der Waals surface area contributed by atoms with E-state index in [0.717, 1.165) is 14.9 Å². The van der Waals surface area contributed by atoms with Crippen molar-refractivity contribution in [2.24, 2.45) is 0 Å². The third kappa shape index (κ3) is 3.35. The fourth-order valence-electron chi connectivity index (χ4n) is 3.40. The Balaban J connectivity index is 1.58. The van der Waals surface area contributed by atoms with Gasteiger partial charge in [-0.1, -0.05) is 22.0 Å². The minimum atomic E-state index is -0.834. The maximum atomic E-state index is 13.0. The predicted molar refractivity (Wildman–Crippen MR) is 104 cm³/mol. The molecule has 3 amide bonds. The van der Waals surface area contributed by atoms with Crippen molar-refractivity contribution in [1.82, 2.24) is 4.90 Å². The van der Waals surface area contributed by atoms with Crippen LogP contribution in [0.25, 0.3) is 0 Å². The molecule has 2 aromatic rings. The van der Waals surface area contributed by atoms with Gasteiger partial charge >= 0.3 is 0 Å². The number of fused-ring (bicyclic) bond motifs is 1. The molecule has 2 heterocycles. The molecular weight excluding hydrogens is 428 g/mol. The molecule has 7 nitrogen and oxygen atoms in total. The number of benzene rings is 2. The second kappa shape index (κ2) is 7.27. The van der Waals surface area contributed by atoms with E-state index < -0.39 is 11.9 Å². The number of hydrogen-bond donors (Lipinski definition) is 0. The molecule has 1 unspecified atom stereocenters. The van der Waals surface area contributed by atoms with Crippen molar-refractivity contribution >= 4 is 39.3 Å². The van der Waals surface area contributed by atoms with E-state index in [1.54, 1.807) is 36.4 Å². The molecule has 0 saturated carbocycles. The number of halogens is 1. The van der Waals surface area contributed by atoms with Crippen LogP contribution in [0.5, 0.6) is 11.5 Å². The molecule has 0 spiro atoms. The molecule has 8 heteroatoms. The van der Waals surface area contributed by atoms with Crippen LogP contribution in [0.1, 0.15) is 18.9 Å². The van der Waals surface area contributed by atoms with Crippen LogP contribution >= 0.6 is 15.9 Å². The van der Waals surface area contributed by atoms with Gasteiger partial charge in [-0.25, -0.2) is 4.90 Å². The fourth-order valence-corrected chi connectivity index (χ4v) is 3.66. The van der Waals surface area contributed by atoms with E-state index >= 15 is 0 Å². The highest BCUT2D eigenvalue weighted by molar-refractivity contribution is 9.10. The average molecular weight is 445 g/mol. The quantitative estimate of drug-likeness (QED) is 0.677. The number of imide groups is 1. The number of carbonyl (C=O) groups excluding carboxylic acids is 3. The van der Waals surface area contributed by atoms with Gasteiger partial charge < -0.3 is 14.4 Å². The van der Waals surface area contributed by atoms with Gasteiger partial charge in [0.1, 0.15) is 6.04 Å². The van der Waals surface area contributed by atoms with Crippen LogP contribution in [0, 0.1) is 0 Å². The van der Waals surface area contributed by atoms with Crippen LogP contribution in [0.2, 0.25) is 0 Å². The topological polar surface area (TPSA) is 76.2 Å². The molecule has 1 atom stereocenters. The largest absolute Gasteiger partial charge is 0.454 e. The van der Waals surface area contributed by atoms with Crippen LogP contribution in [-0.4, -0.2) is 35.5 Å². The third-order valence-electron chi connectivity index (χ3n) is 4.78. The standard InChI is InChI=1S/C20H17BrN2O5/c1-12(24)22(10-13-2-7-17-18(8-13)28-11-27-17)16-9-19(25)23(20(16)26)15-5-3-14(21)4-6-15/h2-8,16H,9-11H2,1H3. The summed E-state index contributed by atoms with van der Waals surface area (Å²) in [6.07, 6.45) is -0.0426. The smallest absolute Gasteiger partial charge is 0.257 e. The second-order valence-electron chi connectivity index (χ2n) is 6.60. The van der Waals surface area contributed by atoms with Crippen LogP contribution in [0.4, 0.5) is 5.69 Å². The molecule has 1 saturated heterocycles. The van der Waals surface area contributed by atoms with Crippen molar-refractivity contribution in [2.45, 2.75) is 25.9 Å². The zero-order chi connectivity index (χ0) is 19.8. The average Bonchev–Trinajstić information content (AvgIpc) is 3.24. The number of carbonyl (C=O) groups is 3. The number of nitrogens with zero attached hydrogens (tertiary/aromatic N) is 2. The van der Waals surface area contributed by atoms with E-state index in [1.165, 1.54) is 11.8 Å². The number of ether oxygens (including phenoxy) is 2. The molecule has 2 aliphatic heterocycles. The Morgan fingerprint density at radius 2 is 1.86 bits per heavy atom. The molecule has 0 bridgehead atoms. The zero-order valence-corrected chi connectivity index (χ0v) is 16.6. The van der Waals surface area contributed by atoms with E-state index in [2.05, 4.69) is 15.9 Å². The Morgan fingerprint density at radius 3 is 2.57 bits per heavy atom. The molecule has 4 rings (SSSR count). The molecule has 0 aromatic heterocycles. The van der Waals surface area contributed by atoms with Crippen molar-refractivity contribution < 1.29 is 23.9 Å². The van der Waals surface area contributed by atoms with Crippen molar-refractivity contribution in [2.75, 3.05) is 11.7 Å². The monoisotopic (exact) mass is 444 g/mol. The van der Waals surface area contributed by atoms with Gasteiger partial charge in [-0.05, 0) is 42.0 Å². The number of rotatable bonds is 4. The minimum Gasteiger partial charge on any atom is -0.454 e. The van der Waals surface area contributed by atoms with E-state index in [1.807, 2.05) is 6.07 Å². The van der Waals surface area contributed by atoms with Crippen LogP contribution in [-0.2, 0) is 20.9 Å². The van der Waals surface area contributed by atoms with Crippen LogP contribution < -0.4 is 14.4 Å². The second-order valence-corrected chi connectivity index (χ2v) is 7.51. The van der Waals surface area contributed by atoms with E-state index in [9.17, 15) is 14.4 Å². The summed E-state index contributed by atoms with van der Waals surface area (Å²) in [5, 5.41) is 0. The van der Waals surface area contributed by atoms with Crippen molar-refractivity contribution in [3.05, 3.63) is 52.5 Å². The van der Waals surface area contributed by atoms with E-state index in [0.29, 0.717) is 17.2 Å². The first kappa shape index (κ1) is 18.5. The van der Waals surface area contributed by atoms with Gasteiger partial charge in [-0.2, -0.15) is 0 Å². The highest BCUT2D eigenvalue weighted by Crippen LogP contribution is 2.34. The summed E-state index contributed by atoms with van der Waals surface area (Å²) < 4.78 is 11.5. The van der Waals surface area contributed by atoms with Gasteiger partial charge in [-0.15, -0.1) is 0 Å². The van der Waals surface area contributed by atoms with E-state index in [4.69, 9.17) is 9.47 Å². The molecule has 28 heavy (non-hydrogen) atoms. The maximum absolute atomic E-state index is 13.0. The summed E-state index contributed by atoms with van der Waals surface area (Å²) >= 11 is 3.34. The van der Waals surface area contributed by atoms with Crippen LogP contribution in [0.3, 0.4) is 0 Å². The van der Waals surface area contributed by atoms with Gasteiger partial charge in [0.15, 0.2) is 11.5 Å². The number of hydrogen-bond acceptors (Lipinski definition) is 5. The third-order valence-corrected chi connectivity index (χ3v) is 5.31. The Hall–Kier alpha value is -2.87. The van der Waals surface area contributed by atoms with Gasteiger partial charge in [0, 0.05) is 17.9 Å². The molecule has 2 aromatic carbocycles. The summed E-state index contributed by atoms with van der Waals surface area (Å²) in [7, 11) is 0. The molecule has 0 aliphatic carbocycles. The fraction of sp³-hybridized carbons (Fsp3) is 0.250. The lowest BCUT2D eigenvalue weighted by atomic mass is 10.1. The normalized spacial score (nSPS) is 17.9. The first-order valence-electron chi connectivity index (χ1n) is 8.72. The SMILES string of the molecule is CC(=O)N(Cc1ccc2c(c1)OCO2)C1CC(=O)N(c2ccc(Br)cc2)C1=O. The lowest BCUT2D eigenvalue weighted by molar-refractivity contribution is -0.137. The Bertz CT molecular complexity index is 960. The summed E-state index contributed by atoms with van der Waals surface area (Å²) in [5.41, 5.74) is 1.29. The summed E-state index contributed by atoms with van der Waals surface area (Å²) in [6, 6.07) is 11.4. The van der Waals surface area contributed by atoms with Gasteiger partial charge in [-0.3, -0.25) is 14.4 Å². The van der Waals surface area contributed by atoms with Gasteiger partial charge in [0.05, 0.1) is 12.1 Å². The van der Waals surface area contributed by atoms with Crippen molar-refractivity contribution in [1.29, 1.82) is 0 Å². The molecule has 0 radical (unpaired) electrons. The summed E-state index contributed by atoms with van der Waals surface area (Å²) in [5.74, 6) is 0.247. The zero-order valence-electron chi connectivity index (χ0n) is 15.1. The molecule has 0 N–H and O–H groups in total. The summed E-state index contributed by atoms with van der Waals surface area (Å²) in [4.78, 5) is 40.4. The molecule has 144 valence electrons. The van der Waals surface area contributed by atoms with Crippen molar-refractivity contribution in [3.63, 3.8) is 0 Å². The maximum Gasteiger partial charge on any atom is 0.257 e. The van der Waals surface area contributed by atoms with Gasteiger partial charge in [0.25, 0.3) is 5.91 Å². The van der Waals surface area contributed by atoms with Crippen LogP contribution in [0.15, 0.2) is 46.9 Å². The lowest BCUT2D eigenvalue weighted by Gasteiger charge is -2.26. The number of anilines is 1. The Morgan fingerprint density at radius 1 is 1.14 bits per heavy atom. The lowest BCUT2D eigenvalue weighted by Crippen LogP contribution is -2.44. The first-order valence-corrected chi connectivity index (χ1v) is 9.51. The highest BCUT2D eigenvalue weighted by atomic mass is 79.9. The Kier molecular flexibility index (Phi) is 4.80. The van der Waals surface area contributed by atoms with Gasteiger partial charge in [0.2, 0.25) is 18.6 Å². The minimum absolute atomic E-state index is 0.0426. The Labute approximate surface area is 169 Å². The van der Waals surface area contributed by atoms with E-state index in [-0.39, 0.29) is 31.6 Å². The first-order chi connectivity index (χ1) is 13.4. The molecule has 2 aliphatic rings. The molecule has 1 fully saturated rings. The number of amides is 3.